The van der Waals surface area contributed by atoms with E-state index < -0.39 is 0 Å². The Morgan fingerprint density at radius 1 is 0.938 bits per heavy atom. The third-order valence-electron chi connectivity index (χ3n) is 2.17. The van der Waals surface area contributed by atoms with Gasteiger partial charge in [-0.2, -0.15) is 0 Å². The molecule has 0 heterocycles. The fraction of sp³-hybridized carbons (Fsp3) is 0.769. The maximum Gasteiger partial charge on any atom is 0.290 e. The van der Waals surface area contributed by atoms with Crippen molar-refractivity contribution in [3.05, 3.63) is 12.2 Å². The van der Waals surface area contributed by atoms with E-state index in [0.717, 1.165) is 19.3 Å². The molecule has 3 nitrogen and oxygen atoms in total. The fourth-order valence-corrected chi connectivity index (χ4v) is 1.30. The van der Waals surface area contributed by atoms with Crippen LogP contribution in [0.15, 0.2) is 12.2 Å². The lowest BCUT2D eigenvalue weighted by molar-refractivity contribution is -0.122. The molecule has 3 heteroatoms. The van der Waals surface area contributed by atoms with Gasteiger partial charge in [-0.15, -0.1) is 0 Å². The van der Waals surface area contributed by atoms with Crippen LogP contribution in [0.25, 0.3) is 0 Å². The van der Waals surface area contributed by atoms with Crippen molar-refractivity contribution in [1.29, 1.82) is 0 Å². The summed E-state index contributed by atoms with van der Waals surface area (Å²) in [5.41, 5.74) is 0. The van der Waals surface area contributed by atoms with E-state index in [1.165, 1.54) is 32.1 Å². The predicted octanol–water partition coefficient (Wildman–Crippen LogP) is 3.38. The van der Waals surface area contributed by atoms with Gasteiger partial charge in [-0.25, -0.2) is 0 Å². The van der Waals surface area contributed by atoms with Crippen molar-refractivity contribution in [2.45, 2.75) is 58.3 Å². The number of allylic oxidation sites excluding steroid dienone is 2. The first-order chi connectivity index (χ1) is 7.83. The number of hydrogen-bond acceptors (Lipinski definition) is 2. The molecule has 0 atom stereocenters. The normalized spacial score (nSPS) is 9.88. The van der Waals surface area contributed by atoms with Crippen LogP contribution in [-0.4, -0.2) is 23.3 Å². The Labute approximate surface area is 99.2 Å². The molecule has 0 spiro atoms. The quantitative estimate of drug-likeness (QED) is 0.363. The van der Waals surface area contributed by atoms with Crippen molar-refractivity contribution >= 4 is 6.47 Å². The molecule has 0 aromatic rings. The second-order valence-corrected chi connectivity index (χ2v) is 3.65. The highest BCUT2D eigenvalue weighted by Crippen LogP contribution is 2.04. The minimum atomic E-state index is -0.250. The summed E-state index contributed by atoms with van der Waals surface area (Å²) in [6, 6.07) is 0. The highest BCUT2D eigenvalue weighted by molar-refractivity contribution is 5.32. The first-order valence-electron chi connectivity index (χ1n) is 6.17. The minimum absolute atomic E-state index is 0.250. The maximum absolute atomic E-state index is 8.54. The van der Waals surface area contributed by atoms with Crippen molar-refractivity contribution in [2.24, 2.45) is 0 Å². The summed E-state index contributed by atoms with van der Waals surface area (Å²) >= 11 is 0. The molecule has 96 valence electrons. The van der Waals surface area contributed by atoms with Gasteiger partial charge in [0.2, 0.25) is 0 Å². The molecule has 0 saturated heterocycles. The van der Waals surface area contributed by atoms with Crippen LogP contribution in [0, 0.1) is 0 Å². The minimum Gasteiger partial charge on any atom is -0.483 e. The van der Waals surface area contributed by atoms with Crippen molar-refractivity contribution in [3.8, 4) is 0 Å². The monoisotopic (exact) mass is 230 g/mol. The van der Waals surface area contributed by atoms with Gasteiger partial charge in [0.05, 0.1) is 0 Å². The summed E-state index contributed by atoms with van der Waals surface area (Å²) < 4.78 is 0. The molecule has 0 saturated carbocycles. The van der Waals surface area contributed by atoms with Gasteiger partial charge in [0.1, 0.15) is 0 Å². The SMILES string of the molecule is CCCCCCC=CCCCCO.O=CO. The van der Waals surface area contributed by atoms with E-state index in [1.54, 1.807) is 0 Å². The van der Waals surface area contributed by atoms with Crippen LogP contribution in [-0.2, 0) is 4.79 Å². The van der Waals surface area contributed by atoms with Crippen LogP contribution in [0.4, 0.5) is 0 Å². The highest BCUT2D eigenvalue weighted by Gasteiger charge is 1.85. The lowest BCUT2D eigenvalue weighted by atomic mass is 10.1. The maximum atomic E-state index is 8.54. The van der Waals surface area contributed by atoms with Crippen molar-refractivity contribution < 1.29 is 15.0 Å². The van der Waals surface area contributed by atoms with Gasteiger partial charge < -0.3 is 10.2 Å². The Morgan fingerprint density at radius 3 is 1.88 bits per heavy atom. The average Bonchev–Trinajstić information content (AvgIpc) is 2.28. The third kappa shape index (κ3) is 23.2. The van der Waals surface area contributed by atoms with Gasteiger partial charge in [-0.1, -0.05) is 38.3 Å². The Bertz CT molecular complexity index is 144. The molecule has 0 fully saturated rings. The van der Waals surface area contributed by atoms with Crippen LogP contribution in [0.3, 0.4) is 0 Å². The Balaban J connectivity index is 0. The molecular weight excluding hydrogens is 204 g/mol. The van der Waals surface area contributed by atoms with Crippen LogP contribution < -0.4 is 0 Å². The molecule has 0 aliphatic carbocycles. The number of carboxylic acid groups (broad SMARTS) is 1. The molecule has 0 bridgehead atoms. The zero-order chi connectivity index (χ0) is 12.5. The number of unbranched alkanes of at least 4 members (excludes halogenated alkanes) is 6. The summed E-state index contributed by atoms with van der Waals surface area (Å²) in [6.07, 6.45) is 14.4. The Kier molecular flexibility index (Phi) is 21.6. The van der Waals surface area contributed by atoms with Gasteiger partial charge in [0.15, 0.2) is 0 Å². The molecule has 0 aliphatic heterocycles. The molecule has 0 rings (SSSR count). The standard InChI is InChI=1S/C12H24O.CH2O2/c1-2-3-4-5-6-7-8-9-10-11-12-13;2-1-3/h7-8,13H,2-6,9-12H2,1H3;1H,(H,2,3). The predicted molar refractivity (Wildman–Crippen MR) is 67.5 cm³/mol. The number of aliphatic hydroxyl groups is 1. The summed E-state index contributed by atoms with van der Waals surface area (Å²) in [5, 5.41) is 15.4. The lowest BCUT2D eigenvalue weighted by Crippen LogP contribution is -1.80. The number of carbonyl (C=O) groups is 1. The van der Waals surface area contributed by atoms with Crippen LogP contribution in [0.2, 0.25) is 0 Å². The van der Waals surface area contributed by atoms with Crippen molar-refractivity contribution in [3.63, 3.8) is 0 Å². The Morgan fingerprint density at radius 2 is 1.44 bits per heavy atom. The summed E-state index contributed by atoms with van der Waals surface area (Å²) in [5.74, 6) is 0. The second kappa shape index (κ2) is 19.7. The number of rotatable bonds is 9. The molecule has 0 amide bonds. The molecule has 0 unspecified atom stereocenters. The fourth-order valence-electron chi connectivity index (χ4n) is 1.30. The van der Waals surface area contributed by atoms with Crippen LogP contribution in [0.5, 0.6) is 0 Å². The van der Waals surface area contributed by atoms with Gasteiger partial charge in [-0.05, 0) is 32.1 Å². The van der Waals surface area contributed by atoms with E-state index in [-0.39, 0.29) is 6.47 Å². The Hall–Kier alpha value is -0.830. The zero-order valence-electron chi connectivity index (χ0n) is 10.4. The van der Waals surface area contributed by atoms with Gasteiger partial charge >= 0.3 is 0 Å². The summed E-state index contributed by atoms with van der Waals surface area (Å²) in [6.45, 7) is 2.33. The third-order valence-corrected chi connectivity index (χ3v) is 2.17. The molecular formula is C13H26O3. The molecule has 0 radical (unpaired) electrons. The van der Waals surface area contributed by atoms with Gasteiger partial charge in [0, 0.05) is 6.61 Å². The second-order valence-electron chi connectivity index (χ2n) is 3.65. The van der Waals surface area contributed by atoms with Crippen LogP contribution in [0.1, 0.15) is 58.3 Å². The summed E-state index contributed by atoms with van der Waals surface area (Å²) in [4.78, 5) is 8.36. The smallest absolute Gasteiger partial charge is 0.290 e. The van der Waals surface area contributed by atoms with Gasteiger partial charge in [0.25, 0.3) is 6.47 Å². The molecule has 0 aromatic heterocycles. The van der Waals surface area contributed by atoms with E-state index in [2.05, 4.69) is 19.1 Å². The first-order valence-corrected chi connectivity index (χ1v) is 6.17. The molecule has 0 aromatic carbocycles. The van der Waals surface area contributed by atoms with E-state index in [9.17, 15) is 0 Å². The highest BCUT2D eigenvalue weighted by atomic mass is 16.3. The van der Waals surface area contributed by atoms with Crippen LogP contribution >= 0.6 is 0 Å². The largest absolute Gasteiger partial charge is 0.483 e. The molecule has 2 N–H and O–H groups in total. The lowest BCUT2D eigenvalue weighted by Gasteiger charge is -1.94. The summed E-state index contributed by atoms with van der Waals surface area (Å²) in [7, 11) is 0. The average molecular weight is 230 g/mol. The zero-order valence-corrected chi connectivity index (χ0v) is 10.4. The van der Waals surface area contributed by atoms with Crippen molar-refractivity contribution in [1.82, 2.24) is 0 Å². The number of aliphatic hydroxyl groups excluding tert-OH is 1. The topological polar surface area (TPSA) is 57.5 Å². The van der Waals surface area contributed by atoms with E-state index in [0.29, 0.717) is 6.61 Å². The molecule has 0 aliphatic rings. The van der Waals surface area contributed by atoms with Gasteiger partial charge in [-0.3, -0.25) is 4.79 Å². The van der Waals surface area contributed by atoms with Crippen molar-refractivity contribution in [2.75, 3.05) is 6.61 Å². The molecule has 16 heavy (non-hydrogen) atoms. The number of hydrogen-bond donors (Lipinski definition) is 2. The van der Waals surface area contributed by atoms with E-state index in [1.807, 2.05) is 0 Å². The van der Waals surface area contributed by atoms with E-state index in [4.69, 9.17) is 15.0 Å². The first kappa shape index (κ1) is 17.6. The van der Waals surface area contributed by atoms with E-state index >= 15 is 0 Å².